The van der Waals surface area contributed by atoms with Crippen LogP contribution >= 0.6 is 34.8 Å². The van der Waals surface area contributed by atoms with Gasteiger partial charge < -0.3 is 4.74 Å². The Kier molecular flexibility index (Phi) is 14.0. The molecule has 0 N–H and O–H groups in total. The number of aromatic nitrogens is 1. The summed E-state index contributed by atoms with van der Waals surface area (Å²) in [5, 5.41) is 1.09. The normalized spacial score (nSPS) is 11.9. The van der Waals surface area contributed by atoms with Gasteiger partial charge in [-0.1, -0.05) is 42.5 Å². The highest BCUT2D eigenvalue weighted by Crippen LogP contribution is 2.32. The van der Waals surface area contributed by atoms with Crippen LogP contribution in [0.5, 0.6) is 5.88 Å². The summed E-state index contributed by atoms with van der Waals surface area (Å²) < 4.78 is 300. The van der Waals surface area contributed by atoms with E-state index in [1.807, 2.05) is 71.3 Å². The van der Waals surface area contributed by atoms with Gasteiger partial charge in [-0.2, -0.15) is 4.57 Å². The number of halogens is 23. The molecule has 1 aromatic heterocycles. The number of rotatable bonds is 7. The lowest BCUT2D eigenvalue weighted by Gasteiger charge is -2.44. The summed E-state index contributed by atoms with van der Waals surface area (Å²) in [6, 6.07) is 21.9. The summed E-state index contributed by atoms with van der Waals surface area (Å²) in [7, 11) is 0. The third kappa shape index (κ3) is 8.42. The average Bonchev–Trinajstić information content (AvgIpc) is 3.29. The molecule has 0 radical (unpaired) electrons. The van der Waals surface area contributed by atoms with Gasteiger partial charge in [0, 0.05) is 17.0 Å². The van der Waals surface area contributed by atoms with Crippen LogP contribution in [0.2, 0.25) is 0 Å². The number of ether oxygens (including phenoxy) is 1. The van der Waals surface area contributed by atoms with Crippen molar-refractivity contribution in [1.29, 1.82) is 0 Å². The van der Waals surface area contributed by atoms with E-state index in [2.05, 4.69) is 0 Å². The van der Waals surface area contributed by atoms with Crippen LogP contribution in [-0.4, -0.2) is 10.1 Å². The zero-order valence-electron chi connectivity index (χ0n) is 31.7. The van der Waals surface area contributed by atoms with Crippen LogP contribution in [0, 0.1) is 116 Å². The molecule has 0 saturated carbocycles. The van der Waals surface area contributed by atoms with Gasteiger partial charge >= 0.3 is 9.86 Å². The van der Waals surface area contributed by atoms with Crippen LogP contribution in [0.3, 0.4) is 0 Å². The second-order valence-corrected chi connectivity index (χ2v) is 15.8. The van der Waals surface area contributed by atoms with Gasteiger partial charge in [0.05, 0.1) is 6.07 Å². The van der Waals surface area contributed by atoms with Gasteiger partial charge in [-0.15, -0.1) is 21.9 Å². The monoisotopic (exact) mass is 1030 g/mol. The summed E-state index contributed by atoms with van der Waals surface area (Å²) in [5.74, 6) is -70.9. The minimum Gasteiger partial charge on any atom is -0.393 e. The first kappa shape index (κ1) is 50.5. The van der Waals surface area contributed by atoms with Gasteiger partial charge in [0.15, 0.2) is 76.4 Å². The molecule has 67 heavy (non-hydrogen) atoms. The van der Waals surface area contributed by atoms with E-state index in [9.17, 15) is 52.7 Å². The number of alkyl halides is 3. The Bertz CT molecular complexity index is 2760. The summed E-state index contributed by atoms with van der Waals surface area (Å²) in [4.78, 5) is 0. The summed E-state index contributed by atoms with van der Waals surface area (Å²) in [5.41, 5.74) is -12.2. The van der Waals surface area contributed by atoms with E-state index in [-0.39, 0.29) is 0 Å². The lowest BCUT2D eigenvalue weighted by Crippen LogP contribution is -2.81. The molecular formula is C41H13BCl3F20NO. The van der Waals surface area contributed by atoms with E-state index in [1.54, 1.807) is 0 Å². The van der Waals surface area contributed by atoms with Crippen molar-refractivity contribution in [2.75, 3.05) is 0 Å². The quantitative estimate of drug-likeness (QED) is 0.0387. The lowest BCUT2D eigenvalue weighted by atomic mass is 9.12. The molecule has 0 amide bonds. The summed E-state index contributed by atoms with van der Waals surface area (Å²) in [6.45, 7) is 0.623. The molecule has 0 aliphatic rings. The standard InChI is InChI=1S/C24BF20.C17H13Cl3NO/c26-5-1(6(27)14(35)21(42)13(5)34)25(2-7(28)15(36)22(43)16(37)8(2)29,3-9(30)17(38)23(44)18(39)10(3)31)4-11(32)19(40)24(45)20(41)12(4)33;18-17(19,20)22-16-11-10-14-8-4-5-9-15(14)21(16)12-13-6-2-1-3-7-13/h;1-11H,12H2/q-1;+1. The topological polar surface area (TPSA) is 13.1 Å². The maximum Gasteiger partial charge on any atom is 0.372 e. The number of hydrogen-bond donors (Lipinski definition) is 0. The highest BCUT2D eigenvalue weighted by atomic mass is 35.6. The predicted molar refractivity (Wildman–Crippen MR) is 200 cm³/mol. The van der Waals surface area contributed by atoms with Crippen molar-refractivity contribution in [3.63, 3.8) is 0 Å². The number of nitrogens with zero attached hydrogens (tertiary/aromatic N) is 1. The van der Waals surface area contributed by atoms with Crippen molar-refractivity contribution < 1.29 is 97.1 Å². The van der Waals surface area contributed by atoms with Crippen molar-refractivity contribution in [3.05, 3.63) is 189 Å². The molecule has 7 aromatic rings. The molecule has 0 aliphatic carbocycles. The average molecular weight is 1030 g/mol. The van der Waals surface area contributed by atoms with Crippen molar-refractivity contribution in [3.8, 4) is 5.88 Å². The fraction of sp³-hybridized carbons (Fsp3) is 0.0488. The van der Waals surface area contributed by atoms with Gasteiger partial charge in [0.1, 0.15) is 52.7 Å². The zero-order valence-corrected chi connectivity index (χ0v) is 34.0. The SMILES string of the molecule is ClC(Cl)(Cl)Oc1ccc2ccccc2[n+]1Cc1ccccc1.Fc1c(F)c(F)c([B-](c2c(F)c(F)c(F)c(F)c2F)(c2c(F)c(F)c(F)c(F)c2F)c2c(F)c(F)c(F)c(F)c2F)c(F)c1F. The van der Waals surface area contributed by atoms with Gasteiger partial charge in [0.25, 0.3) is 0 Å². The Morgan fingerprint density at radius 1 is 0.358 bits per heavy atom. The molecule has 0 aliphatic heterocycles. The van der Waals surface area contributed by atoms with E-state index >= 15 is 35.1 Å². The Balaban J connectivity index is 0.000000279. The lowest BCUT2D eigenvalue weighted by molar-refractivity contribution is -0.668. The van der Waals surface area contributed by atoms with Crippen LogP contribution in [0.25, 0.3) is 10.9 Å². The van der Waals surface area contributed by atoms with Crippen molar-refractivity contribution in [2.24, 2.45) is 0 Å². The molecule has 7 rings (SSSR count). The highest BCUT2D eigenvalue weighted by Gasteiger charge is 2.52. The molecular weight excluding hydrogens is 1020 g/mol. The fourth-order valence-corrected chi connectivity index (χ4v) is 7.49. The number of hydrogen-bond acceptors (Lipinski definition) is 1. The Labute approximate surface area is 375 Å². The summed E-state index contributed by atoms with van der Waals surface area (Å²) >= 11 is 17.4. The molecule has 0 atom stereocenters. The first-order valence-corrected chi connectivity index (χ1v) is 18.8. The number of para-hydroxylation sites is 1. The van der Waals surface area contributed by atoms with Gasteiger partial charge in [-0.25, -0.2) is 87.8 Å². The second kappa shape index (κ2) is 18.6. The van der Waals surface area contributed by atoms with Crippen molar-refractivity contribution in [2.45, 2.75) is 10.5 Å². The van der Waals surface area contributed by atoms with E-state index < -0.39 is 148 Å². The first-order chi connectivity index (χ1) is 31.2. The smallest absolute Gasteiger partial charge is 0.372 e. The molecule has 1 heterocycles. The minimum atomic E-state index is -7.22. The minimum absolute atomic E-state index is 0.502. The Morgan fingerprint density at radius 2 is 0.642 bits per heavy atom. The maximum atomic E-state index is 15.4. The number of benzene rings is 6. The van der Waals surface area contributed by atoms with Crippen molar-refractivity contribution >= 4 is 73.7 Å². The Morgan fingerprint density at radius 3 is 0.955 bits per heavy atom. The third-order valence-corrected chi connectivity index (χ3v) is 10.2. The van der Waals surface area contributed by atoms with E-state index in [4.69, 9.17) is 39.5 Å². The van der Waals surface area contributed by atoms with Gasteiger partial charge in [-0.05, 0) is 46.9 Å². The van der Waals surface area contributed by atoms with Crippen LogP contribution in [-0.2, 0) is 6.54 Å². The van der Waals surface area contributed by atoms with E-state index in [1.165, 1.54) is 0 Å². The van der Waals surface area contributed by atoms with E-state index in [0.717, 1.165) is 16.5 Å². The highest BCUT2D eigenvalue weighted by molar-refractivity contribution is 7.20. The Hall–Kier alpha value is -5.94. The van der Waals surface area contributed by atoms with Crippen LogP contribution in [0.4, 0.5) is 87.8 Å². The van der Waals surface area contributed by atoms with Crippen LogP contribution < -0.4 is 31.2 Å². The molecule has 0 saturated heterocycles. The molecule has 0 unspecified atom stereocenters. The first-order valence-electron chi connectivity index (χ1n) is 17.7. The maximum absolute atomic E-state index is 15.4. The second-order valence-electron chi connectivity index (χ2n) is 13.7. The van der Waals surface area contributed by atoms with Gasteiger partial charge in [0.2, 0.25) is 5.52 Å². The molecule has 352 valence electrons. The largest absolute Gasteiger partial charge is 0.393 e. The number of pyridine rings is 1. The van der Waals surface area contributed by atoms with Gasteiger partial charge in [-0.3, -0.25) is 0 Å². The van der Waals surface area contributed by atoms with Crippen molar-refractivity contribution in [1.82, 2.24) is 0 Å². The predicted octanol–water partition coefficient (Wildman–Crippen LogP) is 10.7. The summed E-state index contributed by atoms with van der Waals surface area (Å²) in [6.07, 6.45) is -7.22. The molecule has 6 aromatic carbocycles. The van der Waals surface area contributed by atoms with Crippen LogP contribution in [0.1, 0.15) is 5.56 Å². The molecule has 2 nitrogen and oxygen atoms in total. The third-order valence-electron chi connectivity index (χ3n) is 10.0. The molecule has 0 fully saturated rings. The van der Waals surface area contributed by atoms with Crippen LogP contribution in [0.15, 0.2) is 66.7 Å². The van der Waals surface area contributed by atoms with E-state index in [0.29, 0.717) is 12.4 Å². The number of fused-ring (bicyclic) bond motifs is 1. The zero-order chi connectivity index (χ0) is 49.9. The molecule has 26 heteroatoms. The fourth-order valence-electron chi connectivity index (χ4n) is 7.26. The molecule has 0 bridgehead atoms. The molecule has 0 spiro atoms.